The number of carbonyl (C=O) groups excluding carboxylic acids is 1. The van der Waals surface area contributed by atoms with Gasteiger partial charge in [0, 0.05) is 13.2 Å². The van der Waals surface area contributed by atoms with Crippen LogP contribution in [-0.2, 0) is 11.3 Å². The van der Waals surface area contributed by atoms with Gasteiger partial charge in [0.25, 0.3) is 0 Å². The maximum Gasteiger partial charge on any atom is 0.347 e. The maximum atomic E-state index is 11.5. The monoisotopic (exact) mass is 315 g/mol. The van der Waals surface area contributed by atoms with Gasteiger partial charge in [0.05, 0.1) is 18.8 Å². The summed E-state index contributed by atoms with van der Waals surface area (Å²) < 4.78 is 5.34. The van der Waals surface area contributed by atoms with Gasteiger partial charge in [-0.05, 0) is 12.8 Å². The zero-order chi connectivity index (χ0) is 15.8. The van der Waals surface area contributed by atoms with Crippen LogP contribution in [0.1, 0.15) is 34.2 Å². The molecule has 0 unspecified atom stereocenters. The molecule has 0 aliphatic carbocycles. The predicted molar refractivity (Wildman–Crippen MR) is 79.7 cm³/mol. The number of hydrogen-bond acceptors (Lipinski definition) is 5. The molecule has 0 saturated carbocycles. The highest BCUT2D eigenvalue weighted by molar-refractivity contribution is 7.13. The Morgan fingerprint density at radius 1 is 1.38 bits per heavy atom. The van der Waals surface area contributed by atoms with Crippen LogP contribution in [0.25, 0.3) is 0 Å². The molecule has 0 atom stereocenters. The smallest absolute Gasteiger partial charge is 0.347 e. The summed E-state index contributed by atoms with van der Waals surface area (Å²) in [4.78, 5) is 26.7. The fourth-order valence-corrected chi connectivity index (χ4v) is 2.34. The van der Waals surface area contributed by atoms with Gasteiger partial charge in [-0.15, -0.1) is 11.3 Å². The highest BCUT2D eigenvalue weighted by atomic mass is 32.1. The lowest BCUT2D eigenvalue weighted by Gasteiger charge is -2.08. The van der Waals surface area contributed by atoms with Crippen molar-refractivity contribution in [3.8, 4) is 0 Å². The van der Waals surface area contributed by atoms with Crippen LogP contribution in [0.15, 0.2) is 0 Å². The van der Waals surface area contributed by atoms with E-state index in [0.717, 1.165) is 11.3 Å². The third-order valence-electron chi connectivity index (χ3n) is 2.42. The Kier molecular flexibility index (Phi) is 7.10. The van der Waals surface area contributed by atoms with E-state index in [1.165, 1.54) is 0 Å². The van der Waals surface area contributed by atoms with Crippen LogP contribution >= 0.6 is 11.3 Å². The zero-order valence-corrected chi connectivity index (χ0v) is 13.2. The number of aromatic nitrogens is 1. The van der Waals surface area contributed by atoms with E-state index in [4.69, 9.17) is 9.84 Å². The molecule has 0 aliphatic rings. The molecule has 118 valence electrons. The Balaban J connectivity index is 2.24. The molecule has 0 fully saturated rings. The van der Waals surface area contributed by atoms with Gasteiger partial charge in [0.2, 0.25) is 0 Å². The molecule has 0 aliphatic heterocycles. The molecule has 1 rings (SSSR count). The number of amides is 2. The molecule has 2 amide bonds. The first-order chi connectivity index (χ1) is 9.90. The van der Waals surface area contributed by atoms with Gasteiger partial charge in [0.1, 0.15) is 9.88 Å². The maximum absolute atomic E-state index is 11.5. The molecule has 3 N–H and O–H groups in total. The molecule has 0 radical (unpaired) electrons. The highest BCUT2D eigenvalue weighted by Gasteiger charge is 2.14. The van der Waals surface area contributed by atoms with E-state index >= 15 is 0 Å². The first kappa shape index (κ1) is 17.4. The summed E-state index contributed by atoms with van der Waals surface area (Å²) in [5.74, 6) is -0.529. The van der Waals surface area contributed by atoms with Crippen LogP contribution < -0.4 is 10.6 Å². The minimum atomic E-state index is -0.997. The van der Waals surface area contributed by atoms with E-state index in [1.54, 1.807) is 6.92 Å². The summed E-state index contributed by atoms with van der Waals surface area (Å²) in [6.45, 7) is 7.51. The molecular formula is C13H21N3O4S. The Bertz CT molecular complexity index is 488. The molecule has 0 aromatic carbocycles. The number of thiazole rings is 1. The second kappa shape index (κ2) is 8.58. The molecular weight excluding hydrogens is 294 g/mol. The summed E-state index contributed by atoms with van der Waals surface area (Å²) in [6, 6.07) is -0.326. The topological polar surface area (TPSA) is 101 Å². The van der Waals surface area contributed by atoms with Gasteiger partial charge in [-0.3, -0.25) is 0 Å². The zero-order valence-electron chi connectivity index (χ0n) is 12.4. The molecule has 1 aromatic heterocycles. The summed E-state index contributed by atoms with van der Waals surface area (Å²) in [5.41, 5.74) is 0.465. The minimum Gasteiger partial charge on any atom is -0.477 e. The lowest BCUT2D eigenvalue weighted by Crippen LogP contribution is -2.37. The second-order valence-corrected chi connectivity index (χ2v) is 5.99. The predicted octanol–water partition coefficient (Wildman–Crippen LogP) is 1.62. The van der Waals surface area contributed by atoms with Gasteiger partial charge in [-0.2, -0.15) is 0 Å². The van der Waals surface area contributed by atoms with Crippen molar-refractivity contribution in [1.29, 1.82) is 0 Å². The molecule has 7 nitrogen and oxygen atoms in total. The quantitative estimate of drug-likeness (QED) is 0.633. The normalized spacial score (nSPS) is 10.7. The van der Waals surface area contributed by atoms with Crippen LogP contribution in [0, 0.1) is 12.8 Å². The van der Waals surface area contributed by atoms with Crippen molar-refractivity contribution >= 4 is 23.3 Å². The summed E-state index contributed by atoms with van der Waals surface area (Å²) in [5, 5.41) is 14.8. The van der Waals surface area contributed by atoms with Crippen molar-refractivity contribution in [3.05, 3.63) is 15.6 Å². The standard InChI is InChI=1S/C13H21N3O4S/c1-8(2)7-20-5-4-14-13(19)15-6-10-16-9(3)11(21-10)12(17)18/h8H,4-7H2,1-3H3,(H,17,18)(H2,14,15,19). The van der Waals surface area contributed by atoms with Gasteiger partial charge in [-0.1, -0.05) is 13.8 Å². The average molecular weight is 315 g/mol. The molecule has 21 heavy (non-hydrogen) atoms. The number of carboxylic acids is 1. The molecule has 1 aromatic rings. The first-order valence-corrected chi connectivity index (χ1v) is 7.50. The van der Waals surface area contributed by atoms with Gasteiger partial charge >= 0.3 is 12.0 Å². The van der Waals surface area contributed by atoms with Crippen molar-refractivity contribution in [3.63, 3.8) is 0 Å². The summed E-state index contributed by atoms with van der Waals surface area (Å²) >= 11 is 1.07. The number of rotatable bonds is 8. The number of carboxylic acid groups (broad SMARTS) is 1. The van der Waals surface area contributed by atoms with Crippen LogP contribution in [0.5, 0.6) is 0 Å². The van der Waals surface area contributed by atoms with Crippen molar-refractivity contribution in [2.75, 3.05) is 19.8 Å². The number of hydrogen-bond donors (Lipinski definition) is 3. The Morgan fingerprint density at radius 3 is 2.67 bits per heavy atom. The van der Waals surface area contributed by atoms with Crippen LogP contribution in [-0.4, -0.2) is 41.8 Å². The Labute approximate surface area is 127 Å². The number of aryl methyl sites for hydroxylation is 1. The number of nitrogens with one attached hydrogen (secondary N) is 2. The van der Waals surface area contributed by atoms with Gasteiger partial charge in [0.15, 0.2) is 0 Å². The Hall–Kier alpha value is -1.67. The van der Waals surface area contributed by atoms with Crippen LogP contribution in [0.3, 0.4) is 0 Å². The lowest BCUT2D eigenvalue weighted by molar-refractivity contribution is 0.0701. The number of ether oxygens (including phenoxy) is 1. The molecule has 0 spiro atoms. The van der Waals surface area contributed by atoms with Crippen molar-refractivity contribution in [1.82, 2.24) is 15.6 Å². The molecule has 1 heterocycles. The van der Waals surface area contributed by atoms with Gasteiger partial charge in [-0.25, -0.2) is 14.6 Å². The van der Waals surface area contributed by atoms with Crippen molar-refractivity contribution < 1.29 is 19.4 Å². The largest absolute Gasteiger partial charge is 0.477 e. The fraction of sp³-hybridized carbons (Fsp3) is 0.615. The van der Waals surface area contributed by atoms with E-state index in [1.807, 2.05) is 0 Å². The number of aromatic carboxylic acids is 1. The van der Waals surface area contributed by atoms with Crippen molar-refractivity contribution in [2.45, 2.75) is 27.3 Å². The van der Waals surface area contributed by atoms with E-state index in [9.17, 15) is 9.59 Å². The van der Waals surface area contributed by atoms with E-state index in [0.29, 0.717) is 36.4 Å². The fourth-order valence-electron chi connectivity index (χ4n) is 1.50. The third kappa shape index (κ3) is 6.54. The average Bonchev–Trinajstić information content (AvgIpc) is 2.77. The molecule has 0 saturated heterocycles. The van der Waals surface area contributed by atoms with Crippen molar-refractivity contribution in [2.24, 2.45) is 5.92 Å². The van der Waals surface area contributed by atoms with E-state index < -0.39 is 5.97 Å². The third-order valence-corrected chi connectivity index (χ3v) is 3.56. The van der Waals surface area contributed by atoms with E-state index in [2.05, 4.69) is 29.5 Å². The molecule has 0 bridgehead atoms. The first-order valence-electron chi connectivity index (χ1n) is 6.69. The minimum absolute atomic E-state index is 0.203. The SMILES string of the molecule is Cc1nc(CNC(=O)NCCOCC(C)C)sc1C(=O)O. The Morgan fingerprint density at radius 2 is 2.10 bits per heavy atom. The van der Waals surface area contributed by atoms with Crippen LogP contribution in [0.4, 0.5) is 4.79 Å². The number of nitrogens with zero attached hydrogens (tertiary/aromatic N) is 1. The summed E-state index contributed by atoms with van der Waals surface area (Å²) in [6.07, 6.45) is 0. The number of urea groups is 1. The van der Waals surface area contributed by atoms with Gasteiger partial charge < -0.3 is 20.5 Å². The highest BCUT2D eigenvalue weighted by Crippen LogP contribution is 2.17. The van der Waals surface area contributed by atoms with Crippen LogP contribution in [0.2, 0.25) is 0 Å². The second-order valence-electron chi connectivity index (χ2n) is 4.91. The molecule has 8 heteroatoms. The number of carbonyl (C=O) groups is 2. The lowest BCUT2D eigenvalue weighted by atomic mass is 10.2. The van der Waals surface area contributed by atoms with E-state index in [-0.39, 0.29) is 17.5 Å². The summed E-state index contributed by atoms with van der Waals surface area (Å²) in [7, 11) is 0.